The van der Waals surface area contributed by atoms with Crippen molar-refractivity contribution in [2.75, 3.05) is 44.4 Å². The van der Waals surface area contributed by atoms with Gasteiger partial charge in [-0.15, -0.1) is 0 Å². The van der Waals surface area contributed by atoms with Gasteiger partial charge in [0.1, 0.15) is 5.75 Å². The summed E-state index contributed by atoms with van der Waals surface area (Å²) in [6.45, 7) is 5.64. The van der Waals surface area contributed by atoms with Gasteiger partial charge in [0.05, 0.1) is 31.2 Å². The Morgan fingerprint density at radius 3 is 3.05 bits per heavy atom. The van der Waals surface area contributed by atoms with Crippen molar-refractivity contribution in [1.82, 2.24) is 4.90 Å². The molecule has 2 rings (SSSR count). The van der Waals surface area contributed by atoms with Crippen LogP contribution in [0.5, 0.6) is 5.75 Å². The van der Waals surface area contributed by atoms with Gasteiger partial charge in [-0.25, -0.2) is 0 Å². The first-order chi connectivity index (χ1) is 10.6. The lowest BCUT2D eigenvalue weighted by Crippen LogP contribution is -2.41. The van der Waals surface area contributed by atoms with E-state index in [4.69, 9.17) is 15.2 Å². The highest BCUT2D eigenvalue weighted by Gasteiger charge is 2.16. The van der Waals surface area contributed by atoms with Crippen molar-refractivity contribution in [3.63, 3.8) is 0 Å². The molecule has 0 radical (unpaired) electrons. The number of anilines is 2. The van der Waals surface area contributed by atoms with E-state index in [1.807, 2.05) is 0 Å². The van der Waals surface area contributed by atoms with Gasteiger partial charge in [-0.2, -0.15) is 0 Å². The van der Waals surface area contributed by atoms with E-state index >= 15 is 0 Å². The van der Waals surface area contributed by atoms with Crippen molar-refractivity contribution >= 4 is 17.3 Å². The molecular weight excluding hydrogens is 282 g/mol. The predicted octanol–water partition coefficient (Wildman–Crippen LogP) is 1.72. The number of carbonyl (C=O) groups is 1. The van der Waals surface area contributed by atoms with Crippen molar-refractivity contribution in [3.05, 3.63) is 18.2 Å². The minimum Gasteiger partial charge on any atom is -0.497 e. The molecule has 1 aliphatic rings. The van der Waals surface area contributed by atoms with Gasteiger partial charge in [0, 0.05) is 25.6 Å². The van der Waals surface area contributed by atoms with Crippen LogP contribution in [0.3, 0.4) is 0 Å². The maximum absolute atomic E-state index is 12.0. The Morgan fingerprint density at radius 2 is 2.36 bits per heavy atom. The first kappa shape index (κ1) is 16.6. The number of ether oxygens (including phenoxy) is 2. The molecule has 0 bridgehead atoms. The van der Waals surface area contributed by atoms with E-state index in [9.17, 15) is 4.79 Å². The Labute approximate surface area is 131 Å². The van der Waals surface area contributed by atoms with Crippen LogP contribution >= 0.6 is 0 Å². The number of hydrogen-bond acceptors (Lipinski definition) is 5. The smallest absolute Gasteiger partial charge is 0.224 e. The number of rotatable bonds is 6. The molecule has 0 aromatic heterocycles. The van der Waals surface area contributed by atoms with Crippen LogP contribution < -0.4 is 15.8 Å². The molecule has 3 N–H and O–H groups in total. The number of benzene rings is 1. The van der Waals surface area contributed by atoms with Crippen LogP contribution in [0.15, 0.2) is 18.2 Å². The highest BCUT2D eigenvalue weighted by molar-refractivity contribution is 5.93. The van der Waals surface area contributed by atoms with Crippen LogP contribution in [0.1, 0.15) is 19.8 Å². The number of methoxy groups -OCH3 is 1. The number of nitrogens with one attached hydrogen (secondary N) is 1. The van der Waals surface area contributed by atoms with Crippen molar-refractivity contribution in [3.8, 4) is 5.75 Å². The zero-order chi connectivity index (χ0) is 15.9. The Kier molecular flexibility index (Phi) is 6.03. The van der Waals surface area contributed by atoms with Gasteiger partial charge in [0.15, 0.2) is 0 Å². The van der Waals surface area contributed by atoms with Gasteiger partial charge in [0.2, 0.25) is 5.91 Å². The van der Waals surface area contributed by atoms with Crippen LogP contribution in [0, 0.1) is 0 Å². The molecular formula is C16H25N3O3. The van der Waals surface area contributed by atoms with Crippen molar-refractivity contribution in [2.24, 2.45) is 0 Å². The number of hydrogen-bond donors (Lipinski definition) is 2. The molecule has 1 unspecified atom stereocenters. The fourth-order valence-corrected chi connectivity index (χ4v) is 2.55. The van der Waals surface area contributed by atoms with E-state index in [0.717, 1.165) is 32.7 Å². The molecule has 1 aromatic carbocycles. The van der Waals surface area contributed by atoms with Crippen molar-refractivity contribution in [2.45, 2.75) is 25.9 Å². The van der Waals surface area contributed by atoms with Gasteiger partial charge < -0.3 is 20.5 Å². The minimum absolute atomic E-state index is 0.0156. The molecule has 1 amide bonds. The summed E-state index contributed by atoms with van der Waals surface area (Å²) in [6.07, 6.45) is 1.59. The van der Waals surface area contributed by atoms with Crippen molar-refractivity contribution < 1.29 is 14.3 Å². The van der Waals surface area contributed by atoms with Gasteiger partial charge in [0.25, 0.3) is 0 Å². The summed E-state index contributed by atoms with van der Waals surface area (Å²) in [5, 5.41) is 2.85. The third-order valence-electron chi connectivity index (χ3n) is 3.74. The van der Waals surface area contributed by atoms with Crippen LogP contribution in [0.2, 0.25) is 0 Å². The first-order valence-electron chi connectivity index (χ1n) is 7.66. The number of carbonyl (C=O) groups excluding carboxylic acids is 1. The first-order valence-corrected chi connectivity index (χ1v) is 7.66. The normalized spacial score (nSPS) is 18.9. The van der Waals surface area contributed by atoms with E-state index in [0.29, 0.717) is 23.5 Å². The summed E-state index contributed by atoms with van der Waals surface area (Å²) in [4.78, 5) is 14.3. The second kappa shape index (κ2) is 8.00. The second-order valence-electron chi connectivity index (χ2n) is 5.59. The zero-order valence-electron chi connectivity index (χ0n) is 13.3. The lowest BCUT2D eigenvalue weighted by Gasteiger charge is -2.30. The summed E-state index contributed by atoms with van der Waals surface area (Å²) in [7, 11) is 1.58. The quantitative estimate of drug-likeness (QED) is 0.783. The number of nitrogens with zero attached hydrogens (tertiary/aromatic N) is 1. The number of nitrogens with two attached hydrogens (primary N) is 1. The molecule has 6 nitrogen and oxygen atoms in total. The molecule has 1 fully saturated rings. The third-order valence-corrected chi connectivity index (χ3v) is 3.74. The molecule has 22 heavy (non-hydrogen) atoms. The third kappa shape index (κ3) is 4.89. The zero-order valence-corrected chi connectivity index (χ0v) is 13.3. The average Bonchev–Trinajstić information content (AvgIpc) is 2.49. The molecule has 1 saturated heterocycles. The molecule has 1 aliphatic heterocycles. The monoisotopic (exact) mass is 307 g/mol. The number of nitrogen functional groups attached to an aromatic ring is 1. The van der Waals surface area contributed by atoms with Gasteiger partial charge in [-0.1, -0.05) is 0 Å². The van der Waals surface area contributed by atoms with Gasteiger partial charge >= 0.3 is 0 Å². The van der Waals surface area contributed by atoms with Crippen molar-refractivity contribution in [1.29, 1.82) is 0 Å². The lowest BCUT2D eigenvalue weighted by molar-refractivity contribution is -0.116. The van der Waals surface area contributed by atoms with Crippen LogP contribution in [0.25, 0.3) is 0 Å². The highest BCUT2D eigenvalue weighted by atomic mass is 16.5. The summed E-state index contributed by atoms with van der Waals surface area (Å²) < 4.78 is 10.6. The van der Waals surface area contributed by atoms with E-state index in [1.165, 1.54) is 0 Å². The Balaban J connectivity index is 1.73. The molecule has 122 valence electrons. The SMILES string of the molecule is COc1ccc(NC(=O)CCCN2CCOC(C)C2)c(N)c1. The standard InChI is InChI=1S/C16H25N3O3/c1-12-11-19(8-9-22-12)7-3-4-16(20)18-15-6-5-13(21-2)10-14(15)17/h5-6,10,12H,3-4,7-9,11,17H2,1-2H3,(H,18,20). The molecule has 0 spiro atoms. The Hall–Kier alpha value is -1.79. The fourth-order valence-electron chi connectivity index (χ4n) is 2.55. The predicted molar refractivity (Wildman–Crippen MR) is 87.1 cm³/mol. The summed E-state index contributed by atoms with van der Waals surface area (Å²) in [6, 6.07) is 5.24. The van der Waals surface area contributed by atoms with Gasteiger partial charge in [-0.3, -0.25) is 9.69 Å². The van der Waals surface area contributed by atoms with Crippen LogP contribution in [-0.4, -0.2) is 50.3 Å². The highest BCUT2D eigenvalue weighted by Crippen LogP contribution is 2.24. The summed E-state index contributed by atoms with van der Waals surface area (Å²) in [5.74, 6) is 0.662. The molecule has 0 aliphatic carbocycles. The van der Waals surface area contributed by atoms with E-state index < -0.39 is 0 Å². The lowest BCUT2D eigenvalue weighted by atomic mass is 10.2. The fraction of sp³-hybridized carbons (Fsp3) is 0.562. The average molecular weight is 307 g/mol. The Morgan fingerprint density at radius 1 is 1.55 bits per heavy atom. The topological polar surface area (TPSA) is 76.8 Å². The molecule has 1 atom stereocenters. The van der Waals surface area contributed by atoms with E-state index in [1.54, 1.807) is 25.3 Å². The van der Waals surface area contributed by atoms with Crippen LogP contribution in [-0.2, 0) is 9.53 Å². The molecule has 1 heterocycles. The largest absolute Gasteiger partial charge is 0.497 e. The molecule has 0 saturated carbocycles. The Bertz CT molecular complexity index is 507. The van der Waals surface area contributed by atoms with Crippen LogP contribution in [0.4, 0.5) is 11.4 Å². The van der Waals surface area contributed by atoms with E-state index in [-0.39, 0.29) is 12.0 Å². The molecule has 1 aromatic rings. The summed E-state index contributed by atoms with van der Waals surface area (Å²) >= 11 is 0. The maximum Gasteiger partial charge on any atom is 0.224 e. The maximum atomic E-state index is 12.0. The molecule has 6 heteroatoms. The number of amides is 1. The summed E-state index contributed by atoms with van der Waals surface area (Å²) in [5.41, 5.74) is 7.03. The minimum atomic E-state index is -0.0156. The number of morpholine rings is 1. The van der Waals surface area contributed by atoms with E-state index in [2.05, 4.69) is 17.1 Å². The second-order valence-corrected chi connectivity index (χ2v) is 5.59. The van der Waals surface area contributed by atoms with Gasteiger partial charge in [-0.05, 0) is 32.0 Å².